The van der Waals surface area contributed by atoms with Crippen LogP contribution in [0.3, 0.4) is 0 Å². The van der Waals surface area contributed by atoms with Crippen LogP contribution in [0.4, 0.5) is 0 Å². The highest BCUT2D eigenvalue weighted by atomic mass is 15.0. The van der Waals surface area contributed by atoms with Crippen molar-refractivity contribution >= 4 is 0 Å². The molecule has 0 aliphatic heterocycles. The highest BCUT2D eigenvalue weighted by Gasteiger charge is 2.06. The number of rotatable bonds is 4. The molecule has 0 fully saturated rings. The van der Waals surface area contributed by atoms with E-state index in [0.29, 0.717) is 0 Å². The van der Waals surface area contributed by atoms with Gasteiger partial charge in [-0.25, -0.2) is 0 Å². The maximum atomic E-state index is 2.33. The summed E-state index contributed by atoms with van der Waals surface area (Å²) >= 11 is 0. The van der Waals surface area contributed by atoms with Crippen molar-refractivity contribution in [3.05, 3.63) is 0 Å². The van der Waals surface area contributed by atoms with E-state index < -0.39 is 0 Å². The molecule has 0 aromatic heterocycles. The highest BCUT2D eigenvalue weighted by Crippen LogP contribution is 2.13. The molecule has 0 saturated carbocycles. The summed E-state index contributed by atoms with van der Waals surface area (Å²) in [5, 5.41) is 0. The Morgan fingerprint density at radius 1 is 1.10 bits per heavy atom. The Bertz CT molecular complexity index is 76.8. The van der Waals surface area contributed by atoms with Crippen LogP contribution < -0.4 is 0 Å². The monoisotopic (exact) mass is 143 g/mol. The highest BCUT2D eigenvalue weighted by molar-refractivity contribution is 4.58. The average molecular weight is 143 g/mol. The summed E-state index contributed by atoms with van der Waals surface area (Å²) in [7, 11) is 4.26. The lowest BCUT2D eigenvalue weighted by Crippen LogP contribution is -2.17. The Kier molecular flexibility index (Phi) is 4.71. The smallest absolute Gasteiger partial charge is 0.00222 e. The molecule has 0 aliphatic carbocycles. The third-order valence-corrected chi connectivity index (χ3v) is 2.17. The van der Waals surface area contributed by atoms with Gasteiger partial charge >= 0.3 is 0 Å². The van der Waals surface area contributed by atoms with Crippen LogP contribution in [0.5, 0.6) is 0 Å². The predicted molar refractivity (Wildman–Crippen MR) is 47.2 cm³/mol. The number of hydrogen-bond donors (Lipinski definition) is 0. The SMILES string of the molecule is CC(C)[C@@H](C)CCN(C)C. The largest absolute Gasteiger partial charge is 0.309 e. The zero-order valence-corrected chi connectivity index (χ0v) is 8.02. The lowest BCUT2D eigenvalue weighted by Gasteiger charge is -2.17. The van der Waals surface area contributed by atoms with Crippen LogP contribution in [-0.4, -0.2) is 25.5 Å². The van der Waals surface area contributed by atoms with Gasteiger partial charge in [0.1, 0.15) is 0 Å². The van der Waals surface area contributed by atoms with E-state index in [4.69, 9.17) is 0 Å². The van der Waals surface area contributed by atoms with Crippen molar-refractivity contribution in [2.45, 2.75) is 27.2 Å². The summed E-state index contributed by atoms with van der Waals surface area (Å²) in [6, 6.07) is 0. The van der Waals surface area contributed by atoms with E-state index >= 15 is 0 Å². The first kappa shape index (κ1) is 9.96. The summed E-state index contributed by atoms with van der Waals surface area (Å²) in [6.45, 7) is 8.13. The fourth-order valence-electron chi connectivity index (χ4n) is 0.795. The van der Waals surface area contributed by atoms with Gasteiger partial charge in [0.15, 0.2) is 0 Å². The van der Waals surface area contributed by atoms with Crippen molar-refractivity contribution in [3.63, 3.8) is 0 Å². The molecule has 0 aromatic rings. The molecular formula is C9H21N. The van der Waals surface area contributed by atoms with Gasteiger partial charge in [-0.2, -0.15) is 0 Å². The maximum absolute atomic E-state index is 2.33. The second-order valence-corrected chi connectivity index (χ2v) is 3.81. The van der Waals surface area contributed by atoms with Crippen molar-refractivity contribution in [3.8, 4) is 0 Å². The van der Waals surface area contributed by atoms with E-state index in [1.807, 2.05) is 0 Å². The van der Waals surface area contributed by atoms with Gasteiger partial charge in [0.05, 0.1) is 0 Å². The first-order valence-electron chi connectivity index (χ1n) is 4.18. The van der Waals surface area contributed by atoms with Crippen LogP contribution in [0.2, 0.25) is 0 Å². The molecule has 1 atom stereocenters. The summed E-state index contributed by atoms with van der Waals surface area (Å²) in [5.41, 5.74) is 0. The van der Waals surface area contributed by atoms with Gasteiger partial charge in [-0.1, -0.05) is 20.8 Å². The molecule has 0 saturated heterocycles. The zero-order chi connectivity index (χ0) is 8.15. The van der Waals surface area contributed by atoms with E-state index in [2.05, 4.69) is 39.8 Å². The zero-order valence-electron chi connectivity index (χ0n) is 8.02. The molecule has 0 amide bonds. The van der Waals surface area contributed by atoms with Crippen LogP contribution in [0.1, 0.15) is 27.2 Å². The number of hydrogen-bond acceptors (Lipinski definition) is 1. The van der Waals surface area contributed by atoms with Crippen LogP contribution in [0.15, 0.2) is 0 Å². The van der Waals surface area contributed by atoms with Gasteiger partial charge in [0.2, 0.25) is 0 Å². The van der Waals surface area contributed by atoms with Gasteiger partial charge in [-0.05, 0) is 38.9 Å². The predicted octanol–water partition coefficient (Wildman–Crippen LogP) is 2.23. The van der Waals surface area contributed by atoms with Gasteiger partial charge in [-0.3, -0.25) is 0 Å². The molecular weight excluding hydrogens is 122 g/mol. The van der Waals surface area contributed by atoms with Crippen molar-refractivity contribution in [1.82, 2.24) is 4.90 Å². The molecule has 0 radical (unpaired) electrons. The summed E-state index contributed by atoms with van der Waals surface area (Å²) < 4.78 is 0. The van der Waals surface area contributed by atoms with Crippen LogP contribution >= 0.6 is 0 Å². The fourth-order valence-corrected chi connectivity index (χ4v) is 0.795. The summed E-state index contributed by atoms with van der Waals surface area (Å²) in [4.78, 5) is 2.25. The maximum Gasteiger partial charge on any atom is -0.00222 e. The molecule has 0 aromatic carbocycles. The molecule has 0 bridgehead atoms. The molecule has 0 rings (SSSR count). The van der Waals surface area contributed by atoms with Gasteiger partial charge in [-0.15, -0.1) is 0 Å². The van der Waals surface area contributed by atoms with Crippen LogP contribution in [0.25, 0.3) is 0 Å². The molecule has 0 spiro atoms. The third-order valence-electron chi connectivity index (χ3n) is 2.17. The Morgan fingerprint density at radius 3 is 1.90 bits per heavy atom. The molecule has 0 heterocycles. The molecule has 1 heteroatoms. The van der Waals surface area contributed by atoms with Crippen LogP contribution in [0, 0.1) is 11.8 Å². The molecule has 62 valence electrons. The van der Waals surface area contributed by atoms with Gasteiger partial charge < -0.3 is 4.90 Å². The molecule has 1 nitrogen and oxygen atoms in total. The quantitative estimate of drug-likeness (QED) is 0.583. The van der Waals surface area contributed by atoms with E-state index in [1.54, 1.807) is 0 Å². The Balaban J connectivity index is 3.30. The van der Waals surface area contributed by atoms with Crippen molar-refractivity contribution in [1.29, 1.82) is 0 Å². The van der Waals surface area contributed by atoms with Gasteiger partial charge in [0.25, 0.3) is 0 Å². The molecule has 0 N–H and O–H groups in total. The van der Waals surface area contributed by atoms with Crippen molar-refractivity contribution < 1.29 is 0 Å². The second-order valence-electron chi connectivity index (χ2n) is 3.81. The molecule has 10 heavy (non-hydrogen) atoms. The van der Waals surface area contributed by atoms with Crippen LogP contribution in [-0.2, 0) is 0 Å². The van der Waals surface area contributed by atoms with E-state index in [-0.39, 0.29) is 0 Å². The first-order chi connectivity index (χ1) is 4.54. The van der Waals surface area contributed by atoms with E-state index in [0.717, 1.165) is 11.8 Å². The second kappa shape index (κ2) is 4.73. The Labute approximate surface area is 65.4 Å². The Morgan fingerprint density at radius 2 is 1.60 bits per heavy atom. The van der Waals surface area contributed by atoms with Gasteiger partial charge in [0, 0.05) is 0 Å². The topological polar surface area (TPSA) is 3.24 Å². The summed E-state index contributed by atoms with van der Waals surface area (Å²) in [6.07, 6.45) is 1.32. The molecule has 0 unspecified atom stereocenters. The van der Waals surface area contributed by atoms with Crippen molar-refractivity contribution in [2.24, 2.45) is 11.8 Å². The minimum Gasteiger partial charge on any atom is -0.309 e. The van der Waals surface area contributed by atoms with Crippen molar-refractivity contribution in [2.75, 3.05) is 20.6 Å². The minimum absolute atomic E-state index is 0.833. The number of nitrogens with zero attached hydrogens (tertiary/aromatic N) is 1. The molecule has 0 aliphatic rings. The van der Waals surface area contributed by atoms with E-state index in [1.165, 1.54) is 13.0 Å². The first-order valence-corrected chi connectivity index (χ1v) is 4.18. The lowest BCUT2D eigenvalue weighted by molar-refractivity contribution is 0.316. The lowest BCUT2D eigenvalue weighted by atomic mass is 9.95. The Hall–Kier alpha value is -0.0400. The fraction of sp³-hybridized carbons (Fsp3) is 1.00. The normalized spacial score (nSPS) is 14.7. The average Bonchev–Trinajstić information content (AvgIpc) is 1.82. The minimum atomic E-state index is 0.833. The third kappa shape index (κ3) is 4.80. The summed E-state index contributed by atoms with van der Waals surface area (Å²) in [5.74, 6) is 1.70. The van der Waals surface area contributed by atoms with E-state index in [9.17, 15) is 0 Å². The standard InChI is InChI=1S/C9H21N/c1-8(2)9(3)6-7-10(4)5/h8-9H,6-7H2,1-5H3/t9-/m0/s1.